The van der Waals surface area contributed by atoms with Gasteiger partial charge in [0.2, 0.25) is 0 Å². The van der Waals surface area contributed by atoms with Gasteiger partial charge in [-0.3, -0.25) is 4.90 Å². The Morgan fingerprint density at radius 3 is 3.00 bits per heavy atom. The molecule has 2 unspecified atom stereocenters. The van der Waals surface area contributed by atoms with Gasteiger partial charge in [-0.25, -0.2) is 9.97 Å². The van der Waals surface area contributed by atoms with E-state index in [1.54, 1.807) is 0 Å². The van der Waals surface area contributed by atoms with E-state index in [1.165, 1.54) is 18.7 Å². The lowest BCUT2D eigenvalue weighted by Crippen LogP contribution is -2.27. The lowest BCUT2D eigenvalue weighted by molar-refractivity contribution is 0.0581. The van der Waals surface area contributed by atoms with Crippen molar-refractivity contribution < 1.29 is 4.74 Å². The molecule has 0 aliphatic carbocycles. The smallest absolute Gasteiger partial charge is 0.160 e. The number of rotatable bonds is 2. The first-order valence-electron chi connectivity index (χ1n) is 7.95. The van der Waals surface area contributed by atoms with Crippen molar-refractivity contribution in [1.82, 2.24) is 19.4 Å². The second-order valence-electron chi connectivity index (χ2n) is 6.20. The van der Waals surface area contributed by atoms with Crippen LogP contribution in [-0.4, -0.2) is 46.2 Å². The fourth-order valence-electron chi connectivity index (χ4n) is 3.71. The third-order valence-corrected chi connectivity index (χ3v) is 4.80. The van der Waals surface area contributed by atoms with E-state index < -0.39 is 0 Å². The maximum absolute atomic E-state index is 5.71. The Morgan fingerprint density at radius 1 is 1.29 bits per heavy atom. The molecule has 0 radical (unpaired) electrons. The summed E-state index contributed by atoms with van der Waals surface area (Å²) in [5, 5.41) is 0. The summed E-state index contributed by atoms with van der Waals surface area (Å²) in [6.07, 6.45) is 6.58. The van der Waals surface area contributed by atoms with E-state index in [4.69, 9.17) is 9.72 Å². The molecule has 2 aromatic rings. The first-order valence-corrected chi connectivity index (χ1v) is 7.95. The van der Waals surface area contributed by atoms with Gasteiger partial charge in [0.25, 0.3) is 0 Å². The third-order valence-electron chi connectivity index (χ3n) is 4.80. The van der Waals surface area contributed by atoms with Gasteiger partial charge in [-0.05, 0) is 51.4 Å². The first-order chi connectivity index (χ1) is 10.3. The van der Waals surface area contributed by atoms with Gasteiger partial charge in [-0.1, -0.05) is 0 Å². The van der Waals surface area contributed by atoms with Crippen LogP contribution in [0, 0.1) is 0 Å². The Morgan fingerprint density at radius 2 is 2.24 bits per heavy atom. The molecular weight excluding hydrogens is 264 g/mol. The standard InChI is InChI=1S/C16H22N4O/c1-19-9-3-7-14(19)16-18-13-6-2-8-17-15(13)20(16)12-5-4-10-21-11-12/h2,6,8,12,14H,3-5,7,9-11H2,1H3. The van der Waals surface area contributed by atoms with Gasteiger partial charge in [0.15, 0.2) is 5.65 Å². The first kappa shape index (κ1) is 13.2. The number of likely N-dealkylation sites (tertiary alicyclic amines) is 1. The minimum atomic E-state index is 0.377. The largest absolute Gasteiger partial charge is 0.379 e. The number of fused-ring (bicyclic) bond motifs is 1. The highest BCUT2D eigenvalue weighted by Gasteiger charge is 2.31. The SMILES string of the molecule is CN1CCCC1c1nc2cccnc2n1C1CCCOC1. The molecule has 112 valence electrons. The van der Waals surface area contributed by atoms with Gasteiger partial charge in [0, 0.05) is 12.8 Å². The molecule has 21 heavy (non-hydrogen) atoms. The zero-order valence-electron chi connectivity index (χ0n) is 12.5. The average molecular weight is 286 g/mol. The van der Waals surface area contributed by atoms with E-state index in [1.807, 2.05) is 12.3 Å². The molecule has 0 saturated carbocycles. The maximum atomic E-state index is 5.71. The summed E-state index contributed by atoms with van der Waals surface area (Å²) in [7, 11) is 2.20. The van der Waals surface area contributed by atoms with Gasteiger partial charge in [-0.15, -0.1) is 0 Å². The Kier molecular flexibility index (Phi) is 3.39. The van der Waals surface area contributed by atoms with Crippen LogP contribution in [0.4, 0.5) is 0 Å². The zero-order chi connectivity index (χ0) is 14.2. The highest BCUT2D eigenvalue weighted by atomic mass is 16.5. The minimum absolute atomic E-state index is 0.377. The Labute approximate surface area is 124 Å². The lowest BCUT2D eigenvalue weighted by Gasteiger charge is -2.28. The van der Waals surface area contributed by atoms with Crippen LogP contribution in [0.2, 0.25) is 0 Å². The van der Waals surface area contributed by atoms with Gasteiger partial charge in [-0.2, -0.15) is 0 Å². The predicted octanol–water partition coefficient (Wildman–Crippen LogP) is 2.55. The van der Waals surface area contributed by atoms with Crippen molar-refractivity contribution in [3.63, 3.8) is 0 Å². The second kappa shape index (κ2) is 5.39. The molecule has 4 heterocycles. The molecule has 4 rings (SSSR count). The van der Waals surface area contributed by atoms with Crippen molar-refractivity contribution in [2.45, 2.75) is 37.8 Å². The molecule has 0 bridgehead atoms. The molecule has 2 aliphatic heterocycles. The molecule has 5 nitrogen and oxygen atoms in total. The van der Waals surface area contributed by atoms with Gasteiger partial charge in [0.1, 0.15) is 11.3 Å². The van der Waals surface area contributed by atoms with Crippen LogP contribution in [0.15, 0.2) is 18.3 Å². The molecule has 0 N–H and O–H groups in total. The van der Waals surface area contributed by atoms with Crippen molar-refractivity contribution in [3.8, 4) is 0 Å². The molecule has 5 heteroatoms. The second-order valence-corrected chi connectivity index (χ2v) is 6.20. The minimum Gasteiger partial charge on any atom is -0.379 e. The van der Waals surface area contributed by atoms with Crippen LogP contribution >= 0.6 is 0 Å². The van der Waals surface area contributed by atoms with E-state index in [2.05, 4.69) is 27.6 Å². The number of pyridine rings is 1. The fourth-order valence-corrected chi connectivity index (χ4v) is 3.71. The monoisotopic (exact) mass is 286 g/mol. The number of imidazole rings is 1. The molecule has 2 saturated heterocycles. The van der Waals surface area contributed by atoms with Crippen LogP contribution in [0.3, 0.4) is 0 Å². The molecular formula is C16H22N4O. The summed E-state index contributed by atoms with van der Waals surface area (Å²) in [4.78, 5) is 11.9. The molecule has 0 amide bonds. The normalized spacial score (nSPS) is 27.5. The highest BCUT2D eigenvalue weighted by Crippen LogP contribution is 2.35. The predicted molar refractivity (Wildman–Crippen MR) is 81.2 cm³/mol. The Hall–Kier alpha value is -1.46. The van der Waals surface area contributed by atoms with Crippen molar-refractivity contribution in [3.05, 3.63) is 24.2 Å². The summed E-state index contributed by atoms with van der Waals surface area (Å²) in [6.45, 7) is 2.82. The summed E-state index contributed by atoms with van der Waals surface area (Å²) in [5.41, 5.74) is 2.03. The lowest BCUT2D eigenvalue weighted by atomic mass is 10.1. The average Bonchev–Trinajstić information content (AvgIpc) is 3.11. The van der Waals surface area contributed by atoms with Gasteiger partial charge in [0.05, 0.1) is 18.7 Å². The Bertz CT molecular complexity index is 632. The summed E-state index contributed by atoms with van der Waals surface area (Å²) in [6, 6.07) is 4.84. The fraction of sp³-hybridized carbons (Fsp3) is 0.625. The summed E-state index contributed by atoms with van der Waals surface area (Å²) >= 11 is 0. The number of hydrogen-bond donors (Lipinski definition) is 0. The Balaban J connectivity index is 1.84. The van der Waals surface area contributed by atoms with Crippen molar-refractivity contribution in [2.24, 2.45) is 0 Å². The van der Waals surface area contributed by atoms with Crippen LogP contribution in [-0.2, 0) is 4.74 Å². The third kappa shape index (κ3) is 2.24. The van der Waals surface area contributed by atoms with E-state index in [0.717, 1.165) is 43.8 Å². The summed E-state index contributed by atoms with van der Waals surface area (Å²) < 4.78 is 8.07. The quantitative estimate of drug-likeness (QED) is 0.851. The van der Waals surface area contributed by atoms with E-state index >= 15 is 0 Å². The molecule has 2 atom stereocenters. The van der Waals surface area contributed by atoms with E-state index in [9.17, 15) is 0 Å². The molecule has 0 spiro atoms. The van der Waals surface area contributed by atoms with Crippen LogP contribution in [0.5, 0.6) is 0 Å². The number of aromatic nitrogens is 3. The molecule has 2 aliphatic rings. The number of ether oxygens (including phenoxy) is 1. The molecule has 0 aromatic carbocycles. The van der Waals surface area contributed by atoms with Crippen LogP contribution in [0.25, 0.3) is 11.2 Å². The topological polar surface area (TPSA) is 43.2 Å². The molecule has 2 aromatic heterocycles. The van der Waals surface area contributed by atoms with Gasteiger partial charge < -0.3 is 9.30 Å². The van der Waals surface area contributed by atoms with Crippen molar-refractivity contribution in [1.29, 1.82) is 0 Å². The van der Waals surface area contributed by atoms with E-state index in [-0.39, 0.29) is 0 Å². The number of nitrogens with zero attached hydrogens (tertiary/aromatic N) is 4. The van der Waals surface area contributed by atoms with Crippen molar-refractivity contribution in [2.75, 3.05) is 26.8 Å². The van der Waals surface area contributed by atoms with E-state index in [0.29, 0.717) is 12.1 Å². The number of hydrogen-bond acceptors (Lipinski definition) is 4. The zero-order valence-corrected chi connectivity index (χ0v) is 12.5. The van der Waals surface area contributed by atoms with Gasteiger partial charge >= 0.3 is 0 Å². The van der Waals surface area contributed by atoms with Crippen molar-refractivity contribution >= 4 is 11.2 Å². The van der Waals surface area contributed by atoms with Crippen LogP contribution < -0.4 is 0 Å². The maximum Gasteiger partial charge on any atom is 0.160 e. The highest BCUT2D eigenvalue weighted by molar-refractivity contribution is 5.71. The molecule has 2 fully saturated rings. The van der Waals surface area contributed by atoms with Crippen LogP contribution in [0.1, 0.15) is 43.6 Å². The summed E-state index contributed by atoms with van der Waals surface area (Å²) in [5.74, 6) is 1.18.